The Morgan fingerprint density at radius 2 is 1.81 bits per heavy atom. The number of carbonyl (C=O) groups excluding carboxylic acids is 1. The van der Waals surface area contributed by atoms with Crippen molar-refractivity contribution in [3.05, 3.63) is 0 Å². The lowest BCUT2D eigenvalue weighted by Crippen LogP contribution is -2.33. The molecular weight excluding hydrogens is 206 g/mol. The zero-order valence-electron chi connectivity index (χ0n) is 10.5. The van der Waals surface area contributed by atoms with Gasteiger partial charge in [-0.15, -0.1) is 0 Å². The maximum atomic E-state index is 11.4. The van der Waals surface area contributed by atoms with Crippen molar-refractivity contribution in [3.8, 4) is 0 Å². The molecule has 0 rings (SSSR count). The standard InChI is InChI=1S/C12H23NO3/c1-4-5-6-7-8-13-10(14)9-12(2,3)11(15)16/h4-9H2,1-3H3,(H,13,14)(H,15,16). The molecule has 0 aliphatic carbocycles. The highest BCUT2D eigenvalue weighted by atomic mass is 16.4. The van der Waals surface area contributed by atoms with Gasteiger partial charge in [-0.3, -0.25) is 9.59 Å². The number of hydrogen-bond acceptors (Lipinski definition) is 2. The Balaban J connectivity index is 3.71. The topological polar surface area (TPSA) is 66.4 Å². The Kier molecular flexibility index (Phi) is 6.77. The fraction of sp³-hybridized carbons (Fsp3) is 0.833. The van der Waals surface area contributed by atoms with Crippen LogP contribution in [0.25, 0.3) is 0 Å². The van der Waals surface area contributed by atoms with E-state index in [0.29, 0.717) is 6.54 Å². The SMILES string of the molecule is CCCCCCNC(=O)CC(C)(C)C(=O)O. The molecule has 0 heterocycles. The minimum Gasteiger partial charge on any atom is -0.481 e. The van der Waals surface area contributed by atoms with Crippen LogP contribution in [-0.2, 0) is 9.59 Å². The van der Waals surface area contributed by atoms with Crippen LogP contribution in [0, 0.1) is 5.41 Å². The third-order valence-corrected chi connectivity index (χ3v) is 2.53. The van der Waals surface area contributed by atoms with E-state index in [9.17, 15) is 9.59 Å². The molecule has 0 atom stereocenters. The fourth-order valence-electron chi connectivity index (χ4n) is 1.32. The average Bonchev–Trinajstić information content (AvgIpc) is 2.16. The number of carboxylic acids is 1. The average molecular weight is 229 g/mol. The lowest BCUT2D eigenvalue weighted by Gasteiger charge is -2.18. The molecule has 0 aliphatic rings. The molecule has 0 aliphatic heterocycles. The fourth-order valence-corrected chi connectivity index (χ4v) is 1.32. The third kappa shape index (κ3) is 6.43. The van der Waals surface area contributed by atoms with E-state index in [1.807, 2.05) is 0 Å². The van der Waals surface area contributed by atoms with Crippen LogP contribution < -0.4 is 5.32 Å². The lowest BCUT2D eigenvalue weighted by atomic mass is 9.89. The van der Waals surface area contributed by atoms with Gasteiger partial charge < -0.3 is 10.4 Å². The molecule has 16 heavy (non-hydrogen) atoms. The van der Waals surface area contributed by atoms with Gasteiger partial charge in [-0.05, 0) is 20.3 Å². The van der Waals surface area contributed by atoms with Crippen LogP contribution in [0.4, 0.5) is 0 Å². The van der Waals surface area contributed by atoms with Crippen LogP contribution in [0.15, 0.2) is 0 Å². The molecule has 0 fully saturated rings. The first-order valence-electron chi connectivity index (χ1n) is 5.90. The number of aliphatic carboxylic acids is 1. The van der Waals surface area contributed by atoms with E-state index in [-0.39, 0.29) is 12.3 Å². The Hall–Kier alpha value is -1.06. The zero-order valence-corrected chi connectivity index (χ0v) is 10.5. The first-order valence-corrected chi connectivity index (χ1v) is 5.90. The summed E-state index contributed by atoms with van der Waals surface area (Å²) in [4.78, 5) is 22.2. The number of hydrogen-bond donors (Lipinski definition) is 2. The smallest absolute Gasteiger partial charge is 0.309 e. The molecule has 0 saturated heterocycles. The van der Waals surface area contributed by atoms with Gasteiger partial charge in [-0.2, -0.15) is 0 Å². The molecule has 2 N–H and O–H groups in total. The summed E-state index contributed by atoms with van der Waals surface area (Å²) in [6.45, 7) is 5.90. The summed E-state index contributed by atoms with van der Waals surface area (Å²) in [6.07, 6.45) is 4.46. The minimum absolute atomic E-state index is 0.0378. The van der Waals surface area contributed by atoms with Crippen LogP contribution in [0.2, 0.25) is 0 Å². The van der Waals surface area contributed by atoms with Crippen molar-refractivity contribution in [3.63, 3.8) is 0 Å². The molecule has 0 aromatic heterocycles. The first-order chi connectivity index (χ1) is 7.40. The highest BCUT2D eigenvalue weighted by Gasteiger charge is 2.29. The normalized spacial score (nSPS) is 11.2. The van der Waals surface area contributed by atoms with E-state index in [4.69, 9.17) is 5.11 Å². The zero-order chi connectivity index (χ0) is 12.6. The second-order valence-electron chi connectivity index (χ2n) is 4.78. The molecule has 1 amide bonds. The number of carboxylic acid groups (broad SMARTS) is 1. The van der Waals surface area contributed by atoms with E-state index in [0.717, 1.165) is 12.8 Å². The largest absolute Gasteiger partial charge is 0.481 e. The van der Waals surface area contributed by atoms with Gasteiger partial charge in [-0.25, -0.2) is 0 Å². The molecule has 0 spiro atoms. The second kappa shape index (κ2) is 7.25. The van der Waals surface area contributed by atoms with Crippen LogP contribution in [0.1, 0.15) is 52.9 Å². The van der Waals surface area contributed by atoms with Gasteiger partial charge in [0.05, 0.1) is 5.41 Å². The maximum absolute atomic E-state index is 11.4. The van der Waals surface area contributed by atoms with E-state index >= 15 is 0 Å². The molecule has 0 unspecified atom stereocenters. The molecule has 0 bridgehead atoms. The summed E-state index contributed by atoms with van der Waals surface area (Å²) < 4.78 is 0. The molecule has 0 aromatic carbocycles. The Bertz CT molecular complexity index is 236. The third-order valence-electron chi connectivity index (χ3n) is 2.53. The lowest BCUT2D eigenvalue weighted by molar-refractivity contribution is -0.149. The monoisotopic (exact) mass is 229 g/mol. The number of nitrogens with one attached hydrogen (secondary N) is 1. The molecule has 4 heteroatoms. The Labute approximate surface area is 97.4 Å². The van der Waals surface area contributed by atoms with Crippen molar-refractivity contribution < 1.29 is 14.7 Å². The van der Waals surface area contributed by atoms with Crippen LogP contribution in [0.5, 0.6) is 0 Å². The van der Waals surface area contributed by atoms with Crippen molar-refractivity contribution in [1.29, 1.82) is 0 Å². The van der Waals surface area contributed by atoms with Gasteiger partial charge in [0, 0.05) is 13.0 Å². The summed E-state index contributed by atoms with van der Waals surface area (Å²) in [7, 11) is 0. The molecule has 0 saturated carbocycles. The summed E-state index contributed by atoms with van der Waals surface area (Å²) in [5.74, 6) is -1.11. The van der Waals surface area contributed by atoms with Gasteiger partial charge >= 0.3 is 5.97 Å². The van der Waals surface area contributed by atoms with Crippen molar-refractivity contribution in [2.45, 2.75) is 52.9 Å². The van der Waals surface area contributed by atoms with Crippen LogP contribution in [-0.4, -0.2) is 23.5 Å². The first kappa shape index (κ1) is 14.9. The summed E-state index contributed by atoms with van der Waals surface area (Å²) in [5, 5.41) is 11.6. The van der Waals surface area contributed by atoms with E-state index < -0.39 is 11.4 Å². The minimum atomic E-state index is -0.979. The Morgan fingerprint density at radius 1 is 1.19 bits per heavy atom. The number of carbonyl (C=O) groups is 2. The molecule has 0 aromatic rings. The summed E-state index contributed by atoms with van der Waals surface area (Å²) >= 11 is 0. The summed E-state index contributed by atoms with van der Waals surface area (Å²) in [5.41, 5.74) is -0.979. The van der Waals surface area contributed by atoms with Crippen molar-refractivity contribution in [2.24, 2.45) is 5.41 Å². The van der Waals surface area contributed by atoms with E-state index in [2.05, 4.69) is 12.2 Å². The molecule has 0 radical (unpaired) electrons. The number of rotatable bonds is 8. The molecule has 94 valence electrons. The van der Waals surface area contributed by atoms with Crippen molar-refractivity contribution in [2.75, 3.05) is 6.54 Å². The Morgan fingerprint density at radius 3 is 2.31 bits per heavy atom. The van der Waals surface area contributed by atoms with Crippen molar-refractivity contribution in [1.82, 2.24) is 5.32 Å². The molecular formula is C12H23NO3. The summed E-state index contributed by atoms with van der Waals surface area (Å²) in [6, 6.07) is 0. The van der Waals surface area contributed by atoms with Gasteiger partial charge in [0.1, 0.15) is 0 Å². The number of unbranched alkanes of at least 4 members (excludes halogenated alkanes) is 3. The van der Waals surface area contributed by atoms with Crippen LogP contribution in [0.3, 0.4) is 0 Å². The quantitative estimate of drug-likeness (QED) is 0.627. The van der Waals surface area contributed by atoms with Gasteiger partial charge in [-0.1, -0.05) is 26.2 Å². The second-order valence-corrected chi connectivity index (χ2v) is 4.78. The predicted molar refractivity (Wildman–Crippen MR) is 63.2 cm³/mol. The van der Waals surface area contributed by atoms with Gasteiger partial charge in [0.2, 0.25) is 5.91 Å². The predicted octanol–water partition coefficient (Wildman–Crippen LogP) is 2.18. The van der Waals surface area contributed by atoms with Crippen LogP contribution >= 0.6 is 0 Å². The number of amides is 1. The van der Waals surface area contributed by atoms with E-state index in [1.165, 1.54) is 12.8 Å². The van der Waals surface area contributed by atoms with Crippen molar-refractivity contribution >= 4 is 11.9 Å². The van der Waals surface area contributed by atoms with Gasteiger partial charge in [0.15, 0.2) is 0 Å². The molecule has 4 nitrogen and oxygen atoms in total. The van der Waals surface area contributed by atoms with E-state index in [1.54, 1.807) is 13.8 Å². The maximum Gasteiger partial charge on any atom is 0.309 e. The highest BCUT2D eigenvalue weighted by molar-refractivity contribution is 5.84. The highest BCUT2D eigenvalue weighted by Crippen LogP contribution is 2.19. The van der Waals surface area contributed by atoms with Gasteiger partial charge in [0.25, 0.3) is 0 Å².